The van der Waals surface area contributed by atoms with E-state index in [0.29, 0.717) is 28.6 Å². The first-order chi connectivity index (χ1) is 9.19. The SMILES string of the molecule is CCC(=O)[C@@H]1[C@H]2CCC(C[C@H]1c1ccc(F)cc1)S2. The van der Waals surface area contributed by atoms with Gasteiger partial charge in [-0.1, -0.05) is 19.1 Å². The lowest BCUT2D eigenvalue weighted by Crippen LogP contribution is -2.34. The Bertz CT molecular complexity index is 470. The number of hydrogen-bond donors (Lipinski definition) is 0. The van der Waals surface area contributed by atoms with Crippen LogP contribution in [-0.4, -0.2) is 16.3 Å². The molecule has 0 spiro atoms. The van der Waals surface area contributed by atoms with Gasteiger partial charge in [-0.25, -0.2) is 4.39 Å². The van der Waals surface area contributed by atoms with Crippen LogP contribution in [0.2, 0.25) is 0 Å². The van der Waals surface area contributed by atoms with E-state index >= 15 is 0 Å². The molecule has 102 valence electrons. The lowest BCUT2D eigenvalue weighted by Gasteiger charge is -2.35. The molecule has 2 aliphatic rings. The molecule has 2 fully saturated rings. The Hall–Kier alpha value is -0.830. The highest BCUT2D eigenvalue weighted by molar-refractivity contribution is 8.00. The van der Waals surface area contributed by atoms with Gasteiger partial charge in [0.1, 0.15) is 11.6 Å². The summed E-state index contributed by atoms with van der Waals surface area (Å²) in [5.41, 5.74) is 1.14. The van der Waals surface area contributed by atoms with Gasteiger partial charge >= 0.3 is 0 Å². The number of carbonyl (C=O) groups excluding carboxylic acids is 1. The van der Waals surface area contributed by atoms with Crippen molar-refractivity contribution < 1.29 is 9.18 Å². The molecule has 2 heterocycles. The summed E-state index contributed by atoms with van der Waals surface area (Å²) in [6, 6.07) is 6.77. The minimum absolute atomic E-state index is 0.138. The molecule has 2 bridgehead atoms. The highest BCUT2D eigenvalue weighted by Gasteiger charge is 2.45. The van der Waals surface area contributed by atoms with Crippen molar-refractivity contribution in [1.29, 1.82) is 0 Å². The van der Waals surface area contributed by atoms with Gasteiger partial charge in [-0.15, -0.1) is 0 Å². The fraction of sp³-hybridized carbons (Fsp3) is 0.562. The lowest BCUT2D eigenvalue weighted by atomic mass is 9.78. The number of ketones is 1. The van der Waals surface area contributed by atoms with Crippen LogP contribution < -0.4 is 0 Å². The van der Waals surface area contributed by atoms with Crippen LogP contribution in [0.5, 0.6) is 0 Å². The van der Waals surface area contributed by atoms with Crippen LogP contribution in [0.4, 0.5) is 4.39 Å². The normalized spacial score (nSPS) is 33.4. The minimum Gasteiger partial charge on any atom is -0.299 e. The molecular weight excluding hydrogens is 259 g/mol. The first-order valence-corrected chi connectivity index (χ1v) is 8.07. The monoisotopic (exact) mass is 278 g/mol. The van der Waals surface area contributed by atoms with Crippen LogP contribution in [0.1, 0.15) is 44.1 Å². The van der Waals surface area contributed by atoms with Gasteiger partial charge in [0.2, 0.25) is 0 Å². The molecule has 1 nitrogen and oxygen atoms in total. The molecule has 0 saturated carbocycles. The van der Waals surface area contributed by atoms with Gasteiger partial charge in [0.25, 0.3) is 0 Å². The largest absolute Gasteiger partial charge is 0.299 e. The number of halogens is 1. The third kappa shape index (κ3) is 2.45. The molecule has 0 radical (unpaired) electrons. The molecule has 0 aromatic heterocycles. The Morgan fingerprint density at radius 1 is 1.32 bits per heavy atom. The highest BCUT2D eigenvalue weighted by Crippen LogP contribution is 2.53. The average molecular weight is 278 g/mol. The number of fused-ring (bicyclic) bond motifs is 2. The Balaban J connectivity index is 1.92. The summed E-state index contributed by atoms with van der Waals surface area (Å²) in [7, 11) is 0. The van der Waals surface area contributed by atoms with E-state index in [1.807, 2.05) is 30.8 Å². The van der Waals surface area contributed by atoms with Crippen molar-refractivity contribution in [3.63, 3.8) is 0 Å². The first-order valence-electron chi connectivity index (χ1n) is 7.12. The standard InChI is InChI=1S/C16H19FOS/c1-2-14(18)16-13(9-12-7-8-15(16)19-12)10-3-5-11(17)6-4-10/h3-6,12-13,15-16H,2,7-9H2,1H3/t12?,13-,15+,16+/m0/s1. The number of hydrogen-bond acceptors (Lipinski definition) is 2. The van der Waals surface area contributed by atoms with E-state index in [1.54, 1.807) is 0 Å². The molecular formula is C16H19FOS. The van der Waals surface area contributed by atoms with E-state index in [4.69, 9.17) is 0 Å². The summed E-state index contributed by atoms with van der Waals surface area (Å²) in [6.45, 7) is 1.95. The molecule has 1 aromatic carbocycles. The zero-order valence-electron chi connectivity index (χ0n) is 11.1. The molecule has 19 heavy (non-hydrogen) atoms. The second-order valence-electron chi connectivity index (χ2n) is 5.61. The van der Waals surface area contributed by atoms with E-state index in [1.165, 1.54) is 25.0 Å². The molecule has 2 saturated heterocycles. The maximum atomic E-state index is 13.1. The van der Waals surface area contributed by atoms with Crippen molar-refractivity contribution in [3.05, 3.63) is 35.6 Å². The molecule has 1 aromatic rings. The lowest BCUT2D eigenvalue weighted by molar-refractivity contribution is -0.123. The maximum Gasteiger partial charge on any atom is 0.137 e. The molecule has 0 aliphatic carbocycles. The number of carbonyl (C=O) groups is 1. The topological polar surface area (TPSA) is 17.1 Å². The summed E-state index contributed by atoms with van der Waals surface area (Å²) >= 11 is 2.01. The second kappa shape index (κ2) is 5.28. The third-order valence-corrected chi connectivity index (χ3v) is 6.20. The fourth-order valence-corrected chi connectivity index (χ4v) is 5.45. The van der Waals surface area contributed by atoms with E-state index in [9.17, 15) is 9.18 Å². The Kier molecular flexibility index (Phi) is 3.66. The van der Waals surface area contributed by atoms with Crippen LogP contribution in [0, 0.1) is 11.7 Å². The van der Waals surface area contributed by atoms with Gasteiger partial charge < -0.3 is 0 Å². The van der Waals surface area contributed by atoms with Crippen molar-refractivity contribution in [3.8, 4) is 0 Å². The van der Waals surface area contributed by atoms with Gasteiger partial charge in [0.05, 0.1) is 0 Å². The summed E-state index contributed by atoms with van der Waals surface area (Å²) in [5, 5.41) is 1.18. The van der Waals surface area contributed by atoms with Crippen LogP contribution in [-0.2, 0) is 4.79 Å². The number of benzene rings is 1. The molecule has 3 rings (SSSR count). The Morgan fingerprint density at radius 2 is 2.05 bits per heavy atom. The summed E-state index contributed by atoms with van der Waals surface area (Å²) in [4.78, 5) is 12.3. The van der Waals surface area contributed by atoms with Crippen LogP contribution in [0.15, 0.2) is 24.3 Å². The molecule has 4 atom stereocenters. The van der Waals surface area contributed by atoms with Gasteiger partial charge in [-0.3, -0.25) is 4.79 Å². The van der Waals surface area contributed by atoms with Gasteiger partial charge in [0, 0.05) is 22.8 Å². The predicted octanol–water partition coefficient (Wildman–Crippen LogP) is 4.17. The van der Waals surface area contributed by atoms with Crippen molar-refractivity contribution in [2.75, 3.05) is 0 Å². The van der Waals surface area contributed by atoms with Crippen LogP contribution in [0.3, 0.4) is 0 Å². The summed E-state index contributed by atoms with van der Waals surface area (Å²) < 4.78 is 13.1. The predicted molar refractivity (Wildman–Crippen MR) is 76.9 cm³/mol. The van der Waals surface area contributed by atoms with E-state index in [0.717, 1.165) is 12.0 Å². The van der Waals surface area contributed by atoms with E-state index in [-0.39, 0.29) is 11.7 Å². The second-order valence-corrected chi connectivity index (χ2v) is 7.16. The van der Waals surface area contributed by atoms with E-state index in [2.05, 4.69) is 0 Å². The Labute approximate surface area is 118 Å². The number of rotatable bonds is 3. The third-order valence-electron chi connectivity index (χ3n) is 4.51. The average Bonchev–Trinajstić information content (AvgIpc) is 2.80. The van der Waals surface area contributed by atoms with Crippen molar-refractivity contribution in [2.45, 2.75) is 49.0 Å². The first kappa shape index (κ1) is 13.2. The van der Waals surface area contributed by atoms with Crippen LogP contribution >= 0.6 is 11.8 Å². The molecule has 3 heteroatoms. The minimum atomic E-state index is -0.199. The zero-order valence-corrected chi connectivity index (χ0v) is 12.0. The van der Waals surface area contributed by atoms with Crippen molar-refractivity contribution in [2.24, 2.45) is 5.92 Å². The zero-order chi connectivity index (χ0) is 13.4. The quantitative estimate of drug-likeness (QED) is 0.825. The number of Topliss-reactive ketones (excluding diaryl/α,β-unsaturated/α-hetero) is 1. The van der Waals surface area contributed by atoms with E-state index < -0.39 is 0 Å². The number of thioether (sulfide) groups is 1. The maximum absolute atomic E-state index is 13.1. The molecule has 2 aliphatic heterocycles. The highest BCUT2D eigenvalue weighted by atomic mass is 32.2. The molecule has 0 N–H and O–H groups in total. The van der Waals surface area contributed by atoms with Crippen molar-refractivity contribution >= 4 is 17.5 Å². The van der Waals surface area contributed by atoms with Crippen molar-refractivity contribution in [1.82, 2.24) is 0 Å². The van der Waals surface area contributed by atoms with Gasteiger partial charge in [-0.05, 0) is 42.9 Å². The van der Waals surface area contributed by atoms with Gasteiger partial charge in [-0.2, -0.15) is 11.8 Å². The molecule has 1 unspecified atom stereocenters. The van der Waals surface area contributed by atoms with Gasteiger partial charge in [0.15, 0.2) is 0 Å². The Morgan fingerprint density at radius 3 is 2.74 bits per heavy atom. The fourth-order valence-electron chi connectivity index (χ4n) is 3.58. The summed E-state index contributed by atoms with van der Waals surface area (Å²) in [6.07, 6.45) is 4.09. The summed E-state index contributed by atoms with van der Waals surface area (Å²) in [5.74, 6) is 0.619. The smallest absolute Gasteiger partial charge is 0.137 e. The molecule has 0 amide bonds. The van der Waals surface area contributed by atoms with Crippen LogP contribution in [0.25, 0.3) is 0 Å².